The second-order valence-electron chi connectivity index (χ2n) is 10.8. The zero-order chi connectivity index (χ0) is 29.5. The Balaban J connectivity index is 1.62. The Hall–Kier alpha value is -4.63. The minimum absolute atomic E-state index is 0.0611. The van der Waals surface area contributed by atoms with Crippen LogP contribution in [0.1, 0.15) is 43.9 Å². The predicted molar refractivity (Wildman–Crippen MR) is 160 cm³/mol. The lowest BCUT2D eigenvalue weighted by molar-refractivity contribution is -0.124. The van der Waals surface area contributed by atoms with Crippen LogP contribution in [0.5, 0.6) is 0 Å². The number of carbonyl (C=O) groups is 2. The summed E-state index contributed by atoms with van der Waals surface area (Å²) in [5.74, 6) is -0.0893. The van der Waals surface area contributed by atoms with Crippen LogP contribution < -0.4 is 16.0 Å². The Morgan fingerprint density at radius 3 is 1.83 bits per heavy atom. The van der Waals surface area contributed by atoms with Crippen molar-refractivity contribution in [3.8, 4) is 0 Å². The van der Waals surface area contributed by atoms with Gasteiger partial charge in [-0.2, -0.15) is 5.10 Å². The van der Waals surface area contributed by atoms with Crippen LogP contribution in [0.15, 0.2) is 97.2 Å². The number of hydrogen-bond donors (Lipinski definition) is 4. The number of benzene rings is 3. The Kier molecular flexibility index (Phi) is 9.09. The molecule has 2 amide bonds. The van der Waals surface area contributed by atoms with Crippen LogP contribution in [-0.4, -0.2) is 45.1 Å². The average Bonchev–Trinajstić information content (AvgIpc) is 3.30. The van der Waals surface area contributed by atoms with Crippen molar-refractivity contribution in [1.29, 1.82) is 0 Å². The highest BCUT2D eigenvalue weighted by molar-refractivity contribution is 5.96. The molecule has 0 aliphatic carbocycles. The molecule has 4 aromatic rings. The molecule has 0 fully saturated rings. The molecule has 4 rings (SSSR count). The molecule has 0 saturated carbocycles. The van der Waals surface area contributed by atoms with Crippen molar-refractivity contribution in [2.75, 3.05) is 17.2 Å². The predicted octanol–water partition coefficient (Wildman–Crippen LogP) is 5.04. The van der Waals surface area contributed by atoms with E-state index in [0.717, 1.165) is 16.7 Å². The molecule has 3 aromatic carbocycles. The lowest BCUT2D eigenvalue weighted by Crippen LogP contribution is -2.41. The third kappa shape index (κ3) is 7.12. The minimum Gasteiger partial charge on any atom is -0.449 e. The highest BCUT2D eigenvalue weighted by Gasteiger charge is 2.38. The number of alkyl carbamates (subject to hydrolysis) is 1. The molecule has 0 spiro atoms. The fourth-order valence-corrected chi connectivity index (χ4v) is 4.59. The van der Waals surface area contributed by atoms with Crippen LogP contribution in [0, 0.1) is 0 Å². The lowest BCUT2D eigenvalue weighted by atomic mass is 9.77. The van der Waals surface area contributed by atoms with Gasteiger partial charge in [0, 0.05) is 19.0 Å². The maximum absolute atomic E-state index is 13.0. The first-order valence-electron chi connectivity index (χ1n) is 13.5. The van der Waals surface area contributed by atoms with Gasteiger partial charge in [-0.15, -0.1) is 0 Å². The van der Waals surface area contributed by atoms with E-state index in [9.17, 15) is 14.7 Å². The van der Waals surface area contributed by atoms with Gasteiger partial charge < -0.3 is 25.8 Å². The number of carbonyl (C=O) groups excluding carboxylic acids is 2. The van der Waals surface area contributed by atoms with E-state index < -0.39 is 29.2 Å². The van der Waals surface area contributed by atoms with Crippen molar-refractivity contribution in [2.24, 2.45) is 7.05 Å². The van der Waals surface area contributed by atoms with E-state index in [0.29, 0.717) is 11.5 Å². The molecule has 9 nitrogen and oxygen atoms in total. The molecule has 0 bridgehead atoms. The van der Waals surface area contributed by atoms with Crippen molar-refractivity contribution >= 4 is 23.5 Å². The summed E-state index contributed by atoms with van der Waals surface area (Å²) in [7, 11) is 1.78. The molecule has 0 aliphatic rings. The van der Waals surface area contributed by atoms with E-state index in [1.165, 1.54) is 6.20 Å². The van der Waals surface area contributed by atoms with Crippen LogP contribution >= 0.6 is 0 Å². The molecule has 214 valence electrons. The van der Waals surface area contributed by atoms with Gasteiger partial charge in [0.25, 0.3) is 5.91 Å². The highest BCUT2D eigenvalue weighted by Crippen LogP contribution is 2.41. The first-order valence-corrected chi connectivity index (χ1v) is 13.5. The number of anilines is 2. The van der Waals surface area contributed by atoms with Crippen LogP contribution in [0.2, 0.25) is 0 Å². The Labute approximate surface area is 240 Å². The Morgan fingerprint density at radius 1 is 0.878 bits per heavy atom. The van der Waals surface area contributed by atoms with Gasteiger partial charge in [-0.05, 0) is 37.5 Å². The van der Waals surface area contributed by atoms with Crippen molar-refractivity contribution in [3.63, 3.8) is 0 Å². The largest absolute Gasteiger partial charge is 0.449 e. The second-order valence-corrected chi connectivity index (χ2v) is 10.8. The van der Waals surface area contributed by atoms with E-state index >= 15 is 0 Å². The quantitative estimate of drug-likeness (QED) is 0.204. The van der Waals surface area contributed by atoms with Gasteiger partial charge in [-0.25, -0.2) is 4.79 Å². The molecule has 1 heterocycles. The van der Waals surface area contributed by atoms with Crippen LogP contribution in [-0.2, 0) is 22.1 Å². The SMILES string of the molecule is Cn1ncc(NC(=O)[C@@H](O)CCOC(=O)NC(C)(C)C)c1NC(c1ccccc1)(c1ccccc1)c1ccccc1. The maximum atomic E-state index is 13.0. The smallest absolute Gasteiger partial charge is 0.407 e. The molecule has 1 aromatic heterocycles. The topological polar surface area (TPSA) is 118 Å². The number of aromatic nitrogens is 2. The van der Waals surface area contributed by atoms with Crippen molar-refractivity contribution in [2.45, 2.75) is 44.4 Å². The third-order valence-corrected chi connectivity index (χ3v) is 6.53. The molecule has 1 atom stereocenters. The van der Waals surface area contributed by atoms with E-state index in [2.05, 4.69) is 57.4 Å². The number of rotatable bonds is 10. The first-order chi connectivity index (χ1) is 19.6. The molecule has 0 radical (unpaired) electrons. The summed E-state index contributed by atoms with van der Waals surface area (Å²) in [6.07, 6.45) is -0.532. The monoisotopic (exact) mass is 555 g/mol. The summed E-state index contributed by atoms with van der Waals surface area (Å²) in [5, 5.41) is 24.1. The number of hydrogen-bond acceptors (Lipinski definition) is 6. The molecular formula is C32H37N5O4. The average molecular weight is 556 g/mol. The number of aliphatic hydroxyl groups is 1. The fraction of sp³-hybridized carbons (Fsp3) is 0.281. The summed E-state index contributed by atoms with van der Waals surface area (Å²) in [6, 6.07) is 30.2. The van der Waals surface area contributed by atoms with E-state index in [1.54, 1.807) is 11.7 Å². The summed E-state index contributed by atoms with van der Waals surface area (Å²) in [4.78, 5) is 24.9. The molecule has 0 unspecified atom stereocenters. The molecular weight excluding hydrogens is 518 g/mol. The lowest BCUT2D eigenvalue weighted by Gasteiger charge is -2.38. The first kappa shape index (κ1) is 29.4. The van der Waals surface area contributed by atoms with Crippen LogP contribution in [0.4, 0.5) is 16.3 Å². The summed E-state index contributed by atoms with van der Waals surface area (Å²) < 4.78 is 6.76. The standard InChI is InChI=1S/C32H37N5O4/c1-31(2,3)36-30(40)41-21-20-27(38)29(39)34-26-22-33-37(4)28(26)35-32(23-14-8-5-9-15-23,24-16-10-6-11-17-24)25-18-12-7-13-19-25/h5-19,22,27,35,38H,20-21H2,1-4H3,(H,34,39)(H,36,40)/t27-/m0/s1. The summed E-state index contributed by atoms with van der Waals surface area (Å²) >= 11 is 0. The van der Waals surface area contributed by atoms with Crippen LogP contribution in [0.3, 0.4) is 0 Å². The van der Waals surface area contributed by atoms with Gasteiger partial charge >= 0.3 is 6.09 Å². The van der Waals surface area contributed by atoms with Crippen molar-refractivity contribution in [1.82, 2.24) is 15.1 Å². The number of nitrogens with zero attached hydrogens (tertiary/aromatic N) is 2. The van der Waals surface area contributed by atoms with Gasteiger partial charge in [0.05, 0.1) is 12.8 Å². The molecule has 4 N–H and O–H groups in total. The normalized spacial score (nSPS) is 12.3. The van der Waals surface area contributed by atoms with Gasteiger partial charge in [0.2, 0.25) is 0 Å². The number of amides is 2. The van der Waals surface area contributed by atoms with E-state index in [-0.39, 0.29) is 13.0 Å². The third-order valence-electron chi connectivity index (χ3n) is 6.53. The van der Waals surface area contributed by atoms with E-state index in [1.807, 2.05) is 75.4 Å². The Morgan fingerprint density at radius 2 is 1.37 bits per heavy atom. The van der Waals surface area contributed by atoms with Gasteiger partial charge in [0.1, 0.15) is 23.1 Å². The zero-order valence-electron chi connectivity index (χ0n) is 23.8. The van der Waals surface area contributed by atoms with Crippen molar-refractivity contribution < 1.29 is 19.4 Å². The van der Waals surface area contributed by atoms with Crippen LogP contribution in [0.25, 0.3) is 0 Å². The zero-order valence-corrected chi connectivity index (χ0v) is 23.8. The Bertz CT molecular complexity index is 1340. The fourth-order valence-electron chi connectivity index (χ4n) is 4.59. The highest BCUT2D eigenvalue weighted by atomic mass is 16.5. The summed E-state index contributed by atoms with van der Waals surface area (Å²) in [6.45, 7) is 5.38. The molecule has 0 saturated heterocycles. The van der Waals surface area contributed by atoms with Gasteiger partial charge in [-0.3, -0.25) is 9.48 Å². The number of nitrogens with one attached hydrogen (secondary N) is 3. The number of aliphatic hydroxyl groups excluding tert-OH is 1. The van der Waals surface area contributed by atoms with Gasteiger partial charge in [0.15, 0.2) is 0 Å². The molecule has 9 heteroatoms. The number of ether oxygens (including phenoxy) is 1. The van der Waals surface area contributed by atoms with Crippen molar-refractivity contribution in [3.05, 3.63) is 114 Å². The molecule has 0 aliphatic heterocycles. The summed E-state index contributed by atoms with van der Waals surface area (Å²) in [5.41, 5.74) is 2.06. The maximum Gasteiger partial charge on any atom is 0.407 e. The van der Waals surface area contributed by atoms with Gasteiger partial charge in [-0.1, -0.05) is 91.0 Å². The molecule has 41 heavy (non-hydrogen) atoms. The van der Waals surface area contributed by atoms with E-state index in [4.69, 9.17) is 4.74 Å². The number of aryl methyl sites for hydroxylation is 1. The minimum atomic E-state index is -1.40. The second kappa shape index (κ2) is 12.7.